The second-order valence-corrected chi connectivity index (χ2v) is 6.33. The first-order valence-corrected chi connectivity index (χ1v) is 9.03. The molecule has 1 aliphatic heterocycles. The first kappa shape index (κ1) is 18.8. The van der Waals surface area contributed by atoms with Gasteiger partial charge in [-0.15, -0.1) is 0 Å². The lowest BCUT2D eigenvalue weighted by molar-refractivity contribution is -0.384. The van der Waals surface area contributed by atoms with Gasteiger partial charge in [-0.05, 0) is 32.0 Å². The summed E-state index contributed by atoms with van der Waals surface area (Å²) in [6, 6.07) is 14.1. The zero-order valence-corrected chi connectivity index (χ0v) is 15.5. The standard InChI is InChI=1S/C20H23N3O4/c1-3-21(4-2)19(24)13-22-18-8-6-5-7-16(18)14-27-20(22)15-9-11-17(12-10-15)23(25)26/h5-12,20H,3-4,13-14H2,1-2H3. The SMILES string of the molecule is CCN(CC)C(=O)CN1c2ccccc2COC1c1ccc([N+](=O)[O-])cc1. The first-order valence-electron chi connectivity index (χ1n) is 9.03. The molecule has 0 saturated carbocycles. The van der Waals surface area contributed by atoms with E-state index in [0.717, 1.165) is 16.8 Å². The van der Waals surface area contributed by atoms with E-state index < -0.39 is 11.2 Å². The van der Waals surface area contributed by atoms with E-state index in [1.54, 1.807) is 17.0 Å². The maximum atomic E-state index is 12.7. The van der Waals surface area contributed by atoms with Crippen LogP contribution in [-0.2, 0) is 16.1 Å². The summed E-state index contributed by atoms with van der Waals surface area (Å²) in [6.45, 7) is 5.81. The van der Waals surface area contributed by atoms with Crippen molar-refractivity contribution in [3.63, 3.8) is 0 Å². The molecular weight excluding hydrogens is 346 g/mol. The van der Waals surface area contributed by atoms with Gasteiger partial charge in [-0.2, -0.15) is 0 Å². The third-order valence-corrected chi connectivity index (χ3v) is 4.79. The summed E-state index contributed by atoms with van der Waals surface area (Å²) in [5, 5.41) is 10.9. The molecule has 1 unspecified atom stereocenters. The van der Waals surface area contributed by atoms with Crippen molar-refractivity contribution in [2.45, 2.75) is 26.7 Å². The molecule has 1 atom stereocenters. The van der Waals surface area contributed by atoms with Crippen LogP contribution in [0, 0.1) is 10.1 Å². The van der Waals surface area contributed by atoms with Gasteiger partial charge >= 0.3 is 0 Å². The molecule has 1 heterocycles. The highest BCUT2D eigenvalue weighted by atomic mass is 16.6. The van der Waals surface area contributed by atoms with Gasteiger partial charge in [-0.3, -0.25) is 14.9 Å². The molecule has 0 saturated heterocycles. The fraction of sp³-hybridized carbons (Fsp3) is 0.350. The summed E-state index contributed by atoms with van der Waals surface area (Å²) in [5.41, 5.74) is 2.78. The number of para-hydroxylation sites is 1. The third-order valence-electron chi connectivity index (χ3n) is 4.79. The average molecular weight is 369 g/mol. The van der Waals surface area contributed by atoms with Crippen molar-refractivity contribution in [1.29, 1.82) is 0 Å². The van der Waals surface area contributed by atoms with Crippen molar-refractivity contribution in [3.05, 3.63) is 69.8 Å². The molecule has 7 heteroatoms. The Kier molecular flexibility index (Phi) is 5.71. The first-order chi connectivity index (χ1) is 13.0. The number of likely N-dealkylation sites (N-methyl/N-ethyl adjacent to an activating group) is 1. The maximum Gasteiger partial charge on any atom is 0.269 e. The Balaban J connectivity index is 1.94. The highest BCUT2D eigenvalue weighted by Crippen LogP contribution is 2.37. The molecule has 0 aromatic heterocycles. The van der Waals surface area contributed by atoms with Gasteiger partial charge in [-0.1, -0.05) is 18.2 Å². The molecular formula is C20H23N3O4. The van der Waals surface area contributed by atoms with E-state index in [1.807, 2.05) is 43.0 Å². The van der Waals surface area contributed by atoms with Crippen molar-refractivity contribution in [3.8, 4) is 0 Å². The van der Waals surface area contributed by atoms with E-state index in [4.69, 9.17) is 4.74 Å². The third kappa shape index (κ3) is 3.93. The van der Waals surface area contributed by atoms with Crippen molar-refractivity contribution in [2.24, 2.45) is 0 Å². The van der Waals surface area contributed by atoms with Crippen LogP contribution in [0.15, 0.2) is 48.5 Å². The summed E-state index contributed by atoms with van der Waals surface area (Å²) in [5.74, 6) is 0.0206. The zero-order valence-electron chi connectivity index (χ0n) is 15.5. The lowest BCUT2D eigenvalue weighted by Crippen LogP contribution is -2.44. The molecule has 0 bridgehead atoms. The number of amides is 1. The van der Waals surface area contributed by atoms with Gasteiger partial charge in [0.1, 0.15) is 0 Å². The number of nitrogens with zero attached hydrogens (tertiary/aromatic N) is 3. The number of benzene rings is 2. The lowest BCUT2D eigenvalue weighted by Gasteiger charge is -2.39. The molecule has 2 aromatic carbocycles. The van der Waals surface area contributed by atoms with Crippen LogP contribution in [0.1, 0.15) is 31.2 Å². The summed E-state index contributed by atoms with van der Waals surface area (Å²) in [4.78, 5) is 26.9. The van der Waals surface area contributed by atoms with Crippen LogP contribution in [0.3, 0.4) is 0 Å². The average Bonchev–Trinajstić information content (AvgIpc) is 2.69. The Labute approximate surface area is 158 Å². The van der Waals surface area contributed by atoms with Gasteiger partial charge in [0.2, 0.25) is 5.91 Å². The maximum absolute atomic E-state index is 12.7. The number of fused-ring (bicyclic) bond motifs is 1. The van der Waals surface area contributed by atoms with Crippen LogP contribution in [0.2, 0.25) is 0 Å². The molecule has 1 amide bonds. The molecule has 1 aliphatic rings. The minimum atomic E-state index is -0.472. The molecule has 0 spiro atoms. The Bertz CT molecular complexity index is 818. The molecule has 0 radical (unpaired) electrons. The Morgan fingerprint density at radius 2 is 1.85 bits per heavy atom. The predicted molar refractivity (Wildman–Crippen MR) is 102 cm³/mol. The van der Waals surface area contributed by atoms with Gasteiger partial charge in [-0.25, -0.2) is 0 Å². The van der Waals surface area contributed by atoms with Crippen molar-refractivity contribution >= 4 is 17.3 Å². The summed E-state index contributed by atoms with van der Waals surface area (Å²) >= 11 is 0. The monoisotopic (exact) mass is 369 g/mol. The number of anilines is 1. The van der Waals surface area contributed by atoms with Gasteiger partial charge in [0.05, 0.1) is 18.1 Å². The highest BCUT2D eigenvalue weighted by molar-refractivity contribution is 5.82. The zero-order chi connectivity index (χ0) is 19.4. The summed E-state index contributed by atoms with van der Waals surface area (Å²) < 4.78 is 6.04. The van der Waals surface area contributed by atoms with Crippen molar-refractivity contribution < 1.29 is 14.5 Å². The topological polar surface area (TPSA) is 75.9 Å². The molecule has 0 N–H and O–H groups in total. The fourth-order valence-electron chi connectivity index (χ4n) is 3.33. The van der Waals surface area contributed by atoms with E-state index in [1.165, 1.54) is 12.1 Å². The van der Waals surface area contributed by atoms with E-state index in [-0.39, 0.29) is 18.1 Å². The van der Waals surface area contributed by atoms with Crippen LogP contribution in [-0.4, -0.2) is 35.4 Å². The van der Waals surface area contributed by atoms with E-state index in [2.05, 4.69) is 0 Å². The number of rotatable bonds is 6. The van der Waals surface area contributed by atoms with Crippen LogP contribution in [0.4, 0.5) is 11.4 Å². The molecule has 3 rings (SSSR count). The molecule has 0 aliphatic carbocycles. The second-order valence-electron chi connectivity index (χ2n) is 6.33. The van der Waals surface area contributed by atoms with Crippen LogP contribution in [0.25, 0.3) is 0 Å². The quantitative estimate of drug-likeness (QED) is 0.575. The number of nitro groups is 1. The van der Waals surface area contributed by atoms with Gasteiger partial charge in [0.15, 0.2) is 6.23 Å². The summed E-state index contributed by atoms with van der Waals surface area (Å²) in [6.07, 6.45) is -0.472. The minimum Gasteiger partial charge on any atom is -0.349 e. The van der Waals surface area contributed by atoms with Gasteiger partial charge in [0, 0.05) is 42.0 Å². The Morgan fingerprint density at radius 1 is 1.19 bits per heavy atom. The van der Waals surface area contributed by atoms with Crippen LogP contribution in [0.5, 0.6) is 0 Å². The number of hydrogen-bond acceptors (Lipinski definition) is 5. The Morgan fingerprint density at radius 3 is 2.48 bits per heavy atom. The number of carbonyl (C=O) groups is 1. The largest absolute Gasteiger partial charge is 0.349 e. The van der Waals surface area contributed by atoms with Gasteiger partial charge in [0.25, 0.3) is 5.69 Å². The van der Waals surface area contributed by atoms with Crippen LogP contribution >= 0.6 is 0 Å². The predicted octanol–water partition coefficient (Wildman–Crippen LogP) is 3.50. The molecule has 2 aromatic rings. The van der Waals surface area contributed by atoms with Gasteiger partial charge < -0.3 is 14.5 Å². The highest BCUT2D eigenvalue weighted by Gasteiger charge is 2.30. The smallest absolute Gasteiger partial charge is 0.269 e. The van der Waals surface area contributed by atoms with Crippen molar-refractivity contribution in [2.75, 3.05) is 24.5 Å². The lowest BCUT2D eigenvalue weighted by atomic mass is 10.1. The Hall–Kier alpha value is -2.93. The number of ether oxygens (including phenoxy) is 1. The summed E-state index contributed by atoms with van der Waals surface area (Å²) in [7, 11) is 0. The number of non-ortho nitro benzene ring substituents is 1. The van der Waals surface area contributed by atoms with Crippen LogP contribution < -0.4 is 4.90 Å². The van der Waals surface area contributed by atoms with Crippen molar-refractivity contribution in [1.82, 2.24) is 4.90 Å². The minimum absolute atomic E-state index is 0.0206. The fourth-order valence-corrected chi connectivity index (χ4v) is 3.33. The second kappa shape index (κ2) is 8.18. The van der Waals surface area contributed by atoms with E-state index in [9.17, 15) is 14.9 Å². The van der Waals surface area contributed by atoms with E-state index >= 15 is 0 Å². The molecule has 27 heavy (non-hydrogen) atoms. The number of nitro benzene ring substituents is 1. The molecule has 142 valence electrons. The normalized spacial score (nSPS) is 15.9. The molecule has 7 nitrogen and oxygen atoms in total. The number of hydrogen-bond donors (Lipinski definition) is 0. The molecule has 0 fully saturated rings. The number of carbonyl (C=O) groups excluding carboxylic acids is 1. The van der Waals surface area contributed by atoms with E-state index in [0.29, 0.717) is 19.7 Å².